The van der Waals surface area contributed by atoms with Gasteiger partial charge in [-0.3, -0.25) is 0 Å². The van der Waals surface area contributed by atoms with Gasteiger partial charge in [0.2, 0.25) is 0 Å². The second-order valence-corrected chi connectivity index (χ2v) is 3.70. The van der Waals surface area contributed by atoms with Gasteiger partial charge in [0.15, 0.2) is 0 Å². The molecular weight excluding hydrogens is 214 g/mol. The molecule has 0 aliphatic heterocycles. The lowest BCUT2D eigenvalue weighted by Gasteiger charge is -2.22. The van der Waals surface area contributed by atoms with Crippen LogP contribution in [0.2, 0.25) is 0 Å². The van der Waals surface area contributed by atoms with E-state index in [4.69, 9.17) is 4.74 Å². The van der Waals surface area contributed by atoms with Crippen molar-refractivity contribution in [3.05, 3.63) is 61.1 Å². The molecule has 1 N–H and O–H groups in total. The van der Waals surface area contributed by atoms with E-state index in [0.717, 1.165) is 5.57 Å². The molecule has 0 heterocycles. The molecule has 1 aliphatic carbocycles. The fourth-order valence-electron chi connectivity index (χ4n) is 1.62. The molecule has 0 aromatic rings. The summed E-state index contributed by atoms with van der Waals surface area (Å²) in [6, 6.07) is 0. The topological polar surface area (TPSA) is 32.7 Å². The molecule has 0 radical (unpaired) electrons. The first-order valence-corrected chi connectivity index (χ1v) is 5.50. The Labute approximate surface area is 103 Å². The van der Waals surface area contributed by atoms with Crippen molar-refractivity contribution in [1.82, 2.24) is 4.90 Å². The third kappa shape index (κ3) is 3.64. The number of aliphatic hydroxyl groups is 1. The number of hydrogen-bond donors (Lipinski definition) is 1. The van der Waals surface area contributed by atoms with Crippen molar-refractivity contribution >= 4 is 0 Å². The normalized spacial score (nSPS) is 20.9. The van der Waals surface area contributed by atoms with Crippen LogP contribution >= 0.6 is 0 Å². The van der Waals surface area contributed by atoms with Crippen LogP contribution < -0.4 is 0 Å². The number of methoxy groups -OCH3 is 1. The summed E-state index contributed by atoms with van der Waals surface area (Å²) in [5.41, 5.74) is 0.799. The molecule has 0 bridgehead atoms. The van der Waals surface area contributed by atoms with Gasteiger partial charge >= 0.3 is 0 Å². The summed E-state index contributed by atoms with van der Waals surface area (Å²) >= 11 is 0. The number of hydrogen-bond acceptors (Lipinski definition) is 3. The van der Waals surface area contributed by atoms with Gasteiger partial charge in [0.1, 0.15) is 11.9 Å². The Hall–Kier alpha value is -1.74. The molecule has 3 heteroatoms. The van der Waals surface area contributed by atoms with Gasteiger partial charge < -0.3 is 14.7 Å². The van der Waals surface area contributed by atoms with Crippen LogP contribution in [0.15, 0.2) is 61.1 Å². The van der Waals surface area contributed by atoms with Crippen LogP contribution in [-0.4, -0.2) is 36.3 Å². The van der Waals surface area contributed by atoms with E-state index in [1.165, 1.54) is 0 Å². The van der Waals surface area contributed by atoms with Crippen molar-refractivity contribution in [2.75, 3.05) is 20.2 Å². The lowest BCUT2D eigenvalue weighted by molar-refractivity contribution is 0.152. The predicted octanol–water partition coefficient (Wildman–Crippen LogP) is 2.01. The highest BCUT2D eigenvalue weighted by atomic mass is 16.5. The average molecular weight is 233 g/mol. The maximum Gasteiger partial charge on any atom is 0.137 e. The second-order valence-electron chi connectivity index (χ2n) is 3.70. The maximum absolute atomic E-state index is 10.0. The SMILES string of the molecule is C=CCN(C=C1C=CC=C(OC)C1O)CC=C. The summed E-state index contributed by atoms with van der Waals surface area (Å²) in [5.74, 6) is 0.552. The van der Waals surface area contributed by atoms with Gasteiger partial charge in [-0.2, -0.15) is 0 Å². The van der Waals surface area contributed by atoms with Crippen molar-refractivity contribution in [2.24, 2.45) is 0 Å². The van der Waals surface area contributed by atoms with Crippen LogP contribution in [0.1, 0.15) is 0 Å². The number of allylic oxidation sites excluding steroid dienone is 2. The van der Waals surface area contributed by atoms with Gasteiger partial charge in [-0.1, -0.05) is 24.3 Å². The van der Waals surface area contributed by atoms with Gasteiger partial charge in [0, 0.05) is 24.9 Å². The minimum absolute atomic E-state index is 0.552. The van der Waals surface area contributed by atoms with Gasteiger partial charge in [-0.15, -0.1) is 13.2 Å². The zero-order chi connectivity index (χ0) is 12.7. The summed E-state index contributed by atoms with van der Waals surface area (Å²) in [7, 11) is 1.55. The molecule has 0 spiro atoms. The first-order valence-electron chi connectivity index (χ1n) is 5.50. The molecule has 0 aromatic carbocycles. The van der Waals surface area contributed by atoms with E-state index in [-0.39, 0.29) is 0 Å². The van der Waals surface area contributed by atoms with Crippen LogP contribution in [-0.2, 0) is 4.74 Å². The molecule has 1 aliphatic rings. The first-order chi connectivity index (χ1) is 8.22. The van der Waals surface area contributed by atoms with Crippen LogP contribution in [0.5, 0.6) is 0 Å². The van der Waals surface area contributed by atoms with Gasteiger partial charge in [-0.25, -0.2) is 0 Å². The highest BCUT2D eigenvalue weighted by Gasteiger charge is 2.17. The molecule has 0 aromatic heterocycles. The smallest absolute Gasteiger partial charge is 0.137 e. The highest BCUT2D eigenvalue weighted by Crippen LogP contribution is 2.19. The molecule has 92 valence electrons. The lowest BCUT2D eigenvalue weighted by Crippen LogP contribution is -2.22. The zero-order valence-electron chi connectivity index (χ0n) is 10.2. The zero-order valence-corrected chi connectivity index (χ0v) is 10.2. The second kappa shape index (κ2) is 6.76. The molecule has 3 nitrogen and oxygen atoms in total. The van der Waals surface area contributed by atoms with E-state index in [0.29, 0.717) is 18.8 Å². The Kier molecular flexibility index (Phi) is 5.30. The third-order valence-corrected chi connectivity index (χ3v) is 2.43. The summed E-state index contributed by atoms with van der Waals surface area (Å²) < 4.78 is 5.10. The van der Waals surface area contributed by atoms with Gasteiger partial charge in [0.25, 0.3) is 0 Å². The van der Waals surface area contributed by atoms with E-state index in [9.17, 15) is 5.11 Å². The van der Waals surface area contributed by atoms with Gasteiger partial charge in [0.05, 0.1) is 7.11 Å². The van der Waals surface area contributed by atoms with Crippen LogP contribution in [0, 0.1) is 0 Å². The Morgan fingerprint density at radius 3 is 2.59 bits per heavy atom. The first kappa shape index (κ1) is 13.3. The standard InChI is InChI=1S/C14H19NO2/c1-4-9-15(10-5-2)11-12-7-6-8-13(17-3)14(12)16/h4-8,11,14,16H,1-2,9-10H2,3H3. The minimum atomic E-state index is -0.706. The summed E-state index contributed by atoms with van der Waals surface area (Å²) in [6.45, 7) is 8.83. The summed E-state index contributed by atoms with van der Waals surface area (Å²) in [4.78, 5) is 2.02. The van der Waals surface area contributed by atoms with Crippen LogP contribution in [0.3, 0.4) is 0 Å². The van der Waals surface area contributed by atoms with Crippen molar-refractivity contribution in [3.63, 3.8) is 0 Å². The molecule has 0 amide bonds. The molecule has 1 rings (SSSR count). The van der Waals surface area contributed by atoms with Crippen LogP contribution in [0.25, 0.3) is 0 Å². The van der Waals surface area contributed by atoms with Crippen molar-refractivity contribution in [2.45, 2.75) is 6.10 Å². The molecule has 0 saturated carbocycles. The quantitative estimate of drug-likeness (QED) is 0.712. The molecule has 1 unspecified atom stereocenters. The summed E-state index contributed by atoms with van der Waals surface area (Å²) in [6.07, 6.45) is 10.3. The minimum Gasteiger partial charge on any atom is -0.498 e. The Morgan fingerprint density at radius 2 is 2.06 bits per heavy atom. The Balaban J connectivity index is 2.83. The van der Waals surface area contributed by atoms with E-state index < -0.39 is 6.10 Å². The number of aliphatic hydroxyl groups excluding tert-OH is 1. The predicted molar refractivity (Wildman–Crippen MR) is 70.3 cm³/mol. The van der Waals surface area contributed by atoms with Crippen molar-refractivity contribution in [1.29, 1.82) is 0 Å². The fourth-order valence-corrected chi connectivity index (χ4v) is 1.62. The van der Waals surface area contributed by atoms with E-state index in [1.54, 1.807) is 13.2 Å². The van der Waals surface area contributed by atoms with E-state index >= 15 is 0 Å². The number of rotatable bonds is 6. The number of nitrogens with zero attached hydrogens (tertiary/aromatic N) is 1. The average Bonchev–Trinajstić information content (AvgIpc) is 2.32. The number of ether oxygens (including phenoxy) is 1. The Bertz CT molecular complexity index is 356. The fraction of sp³-hybridized carbons (Fsp3) is 0.286. The summed E-state index contributed by atoms with van der Waals surface area (Å²) in [5, 5.41) is 10.0. The third-order valence-electron chi connectivity index (χ3n) is 2.43. The van der Waals surface area contributed by atoms with E-state index in [1.807, 2.05) is 35.4 Å². The van der Waals surface area contributed by atoms with E-state index in [2.05, 4.69) is 13.2 Å². The molecule has 1 atom stereocenters. The molecule has 0 fully saturated rings. The molecule has 17 heavy (non-hydrogen) atoms. The molecular formula is C14H19NO2. The largest absolute Gasteiger partial charge is 0.498 e. The monoisotopic (exact) mass is 233 g/mol. The van der Waals surface area contributed by atoms with Gasteiger partial charge in [-0.05, 0) is 6.08 Å². The maximum atomic E-state index is 10.0. The van der Waals surface area contributed by atoms with Crippen molar-refractivity contribution in [3.8, 4) is 0 Å². The highest BCUT2D eigenvalue weighted by molar-refractivity contribution is 5.37. The van der Waals surface area contributed by atoms with Crippen molar-refractivity contribution < 1.29 is 9.84 Å². The Morgan fingerprint density at radius 1 is 1.41 bits per heavy atom. The molecule has 0 saturated heterocycles. The lowest BCUT2D eigenvalue weighted by atomic mass is 10.0. The van der Waals surface area contributed by atoms with Crippen LogP contribution in [0.4, 0.5) is 0 Å².